The minimum Gasteiger partial charge on any atom is -0.506 e. The summed E-state index contributed by atoms with van der Waals surface area (Å²) in [5.74, 6) is -1.52. The first-order valence-electron chi connectivity index (χ1n) is 8.52. The van der Waals surface area contributed by atoms with E-state index in [0.717, 1.165) is 0 Å². The summed E-state index contributed by atoms with van der Waals surface area (Å²) in [7, 11) is 0. The molecule has 6 nitrogen and oxygen atoms in total. The number of nitrogens with zero attached hydrogens (tertiary/aromatic N) is 1. The first-order chi connectivity index (χ1) is 14.3. The first kappa shape index (κ1) is 21.7. The minimum atomic E-state index is -0.560. The van der Waals surface area contributed by atoms with Crippen molar-refractivity contribution in [2.24, 2.45) is 5.10 Å². The molecule has 3 aromatic carbocycles. The van der Waals surface area contributed by atoms with Crippen molar-refractivity contribution in [3.05, 3.63) is 92.1 Å². The van der Waals surface area contributed by atoms with E-state index >= 15 is 0 Å². The van der Waals surface area contributed by atoms with Crippen LogP contribution in [-0.4, -0.2) is 23.1 Å². The third kappa shape index (κ3) is 5.31. The molecule has 2 amide bonds. The lowest BCUT2D eigenvalue weighted by molar-refractivity contribution is 0.0956. The highest BCUT2D eigenvalue weighted by atomic mass is 79.9. The minimum absolute atomic E-state index is 0.0249. The van der Waals surface area contributed by atoms with Gasteiger partial charge in [0.2, 0.25) is 0 Å². The lowest BCUT2D eigenvalue weighted by Gasteiger charge is -2.10. The summed E-state index contributed by atoms with van der Waals surface area (Å²) in [4.78, 5) is 24.9. The van der Waals surface area contributed by atoms with Crippen LogP contribution in [0.5, 0.6) is 5.75 Å². The molecule has 152 valence electrons. The van der Waals surface area contributed by atoms with E-state index in [1.54, 1.807) is 30.3 Å². The van der Waals surface area contributed by atoms with Gasteiger partial charge in [0.1, 0.15) is 11.6 Å². The van der Waals surface area contributed by atoms with Crippen molar-refractivity contribution in [3.63, 3.8) is 0 Å². The number of amides is 2. The fraction of sp³-hybridized carbons (Fsp3) is 0. The molecule has 0 saturated heterocycles. The van der Waals surface area contributed by atoms with Gasteiger partial charge in [0.15, 0.2) is 0 Å². The Morgan fingerprint density at radius 1 is 1.00 bits per heavy atom. The van der Waals surface area contributed by atoms with Crippen LogP contribution in [0.15, 0.2) is 74.7 Å². The molecule has 0 fully saturated rings. The van der Waals surface area contributed by atoms with Crippen LogP contribution >= 0.6 is 31.9 Å². The smallest absolute Gasteiger partial charge is 0.273 e. The Balaban J connectivity index is 1.74. The van der Waals surface area contributed by atoms with Gasteiger partial charge in [-0.05, 0) is 64.5 Å². The van der Waals surface area contributed by atoms with Crippen LogP contribution in [0.2, 0.25) is 0 Å². The molecule has 3 N–H and O–H groups in total. The van der Waals surface area contributed by atoms with Crippen LogP contribution in [0.1, 0.15) is 26.3 Å². The Morgan fingerprint density at radius 3 is 2.43 bits per heavy atom. The zero-order valence-corrected chi connectivity index (χ0v) is 18.4. The summed E-state index contributed by atoms with van der Waals surface area (Å²) in [6, 6.07) is 14.8. The molecule has 3 rings (SSSR count). The topological polar surface area (TPSA) is 90.8 Å². The molecule has 0 bridgehead atoms. The number of phenols is 1. The van der Waals surface area contributed by atoms with E-state index in [1.807, 2.05) is 0 Å². The number of hydrazone groups is 1. The van der Waals surface area contributed by atoms with Gasteiger partial charge in [0.25, 0.3) is 11.8 Å². The average molecular weight is 535 g/mol. The van der Waals surface area contributed by atoms with E-state index in [4.69, 9.17) is 0 Å². The Bertz CT molecular complexity index is 1130. The molecule has 0 aliphatic heterocycles. The number of para-hydroxylation sites is 1. The van der Waals surface area contributed by atoms with Crippen molar-refractivity contribution in [2.75, 3.05) is 5.32 Å². The van der Waals surface area contributed by atoms with E-state index in [-0.39, 0.29) is 22.6 Å². The number of nitrogens with one attached hydrogen (secondary N) is 2. The summed E-state index contributed by atoms with van der Waals surface area (Å²) in [6.07, 6.45) is 1.29. The number of rotatable bonds is 5. The maximum absolute atomic E-state index is 13.0. The number of aromatic hydroxyl groups is 1. The van der Waals surface area contributed by atoms with Crippen LogP contribution in [0.25, 0.3) is 0 Å². The number of anilines is 1. The molecular formula is C21H14Br2FN3O3. The van der Waals surface area contributed by atoms with Crippen molar-refractivity contribution >= 4 is 55.6 Å². The quantitative estimate of drug-likeness (QED) is 0.315. The molecule has 0 radical (unpaired) electrons. The SMILES string of the molecule is O=C(Nc1ccccc1C(=O)N/N=C/c1cc(Br)cc(Br)c1O)c1ccc(F)cc1. The molecule has 0 unspecified atom stereocenters. The van der Waals surface area contributed by atoms with Crippen LogP contribution in [0.4, 0.5) is 10.1 Å². The molecular weight excluding hydrogens is 521 g/mol. The predicted octanol–water partition coefficient (Wildman–Crippen LogP) is 5.07. The molecule has 3 aromatic rings. The Hall–Kier alpha value is -3.04. The summed E-state index contributed by atoms with van der Waals surface area (Å²) in [5.41, 5.74) is 3.45. The monoisotopic (exact) mass is 533 g/mol. The lowest BCUT2D eigenvalue weighted by Crippen LogP contribution is -2.21. The van der Waals surface area contributed by atoms with Gasteiger partial charge >= 0.3 is 0 Å². The van der Waals surface area contributed by atoms with E-state index < -0.39 is 17.6 Å². The van der Waals surface area contributed by atoms with Gasteiger partial charge < -0.3 is 10.4 Å². The number of hydrogen-bond acceptors (Lipinski definition) is 4. The van der Waals surface area contributed by atoms with Crippen LogP contribution in [0.3, 0.4) is 0 Å². The predicted molar refractivity (Wildman–Crippen MR) is 119 cm³/mol. The van der Waals surface area contributed by atoms with Gasteiger partial charge in [-0.3, -0.25) is 9.59 Å². The van der Waals surface area contributed by atoms with Gasteiger partial charge in [0, 0.05) is 15.6 Å². The highest BCUT2D eigenvalue weighted by Gasteiger charge is 2.14. The van der Waals surface area contributed by atoms with Gasteiger partial charge in [-0.1, -0.05) is 28.1 Å². The average Bonchev–Trinajstić information content (AvgIpc) is 2.72. The highest BCUT2D eigenvalue weighted by Crippen LogP contribution is 2.30. The molecule has 0 aromatic heterocycles. The second kappa shape index (κ2) is 9.64. The molecule has 0 saturated carbocycles. The van der Waals surface area contributed by atoms with Gasteiger partial charge in [-0.25, -0.2) is 9.82 Å². The van der Waals surface area contributed by atoms with Crippen LogP contribution in [-0.2, 0) is 0 Å². The standard InChI is InChI=1S/C21H14Br2FN3O3/c22-14-9-13(19(28)17(23)10-14)11-25-27-21(30)16-3-1-2-4-18(16)26-20(29)12-5-7-15(24)8-6-12/h1-11,28H,(H,26,29)(H,27,30)/b25-11+. The fourth-order valence-corrected chi connectivity index (χ4v) is 3.75. The first-order valence-corrected chi connectivity index (χ1v) is 10.1. The van der Waals surface area contributed by atoms with Crippen molar-refractivity contribution in [1.82, 2.24) is 5.43 Å². The lowest BCUT2D eigenvalue weighted by atomic mass is 10.1. The number of carbonyl (C=O) groups is 2. The number of phenolic OH excluding ortho intramolecular Hbond substituents is 1. The van der Waals surface area contributed by atoms with Crippen molar-refractivity contribution in [3.8, 4) is 5.75 Å². The number of hydrogen-bond donors (Lipinski definition) is 3. The Labute approximate surface area is 188 Å². The summed E-state index contributed by atoms with van der Waals surface area (Å²) in [6.45, 7) is 0. The second-order valence-electron chi connectivity index (χ2n) is 6.03. The zero-order valence-electron chi connectivity index (χ0n) is 15.2. The van der Waals surface area contributed by atoms with Crippen LogP contribution < -0.4 is 10.7 Å². The summed E-state index contributed by atoms with van der Waals surface area (Å²) < 4.78 is 14.2. The van der Waals surface area contributed by atoms with E-state index in [9.17, 15) is 19.1 Å². The molecule has 0 atom stereocenters. The molecule has 0 spiro atoms. The van der Waals surface area contributed by atoms with E-state index in [1.165, 1.54) is 36.5 Å². The maximum Gasteiger partial charge on any atom is 0.273 e. The largest absolute Gasteiger partial charge is 0.506 e. The number of benzene rings is 3. The normalized spacial score (nSPS) is 10.8. The molecule has 9 heteroatoms. The Morgan fingerprint density at radius 2 is 1.70 bits per heavy atom. The fourth-order valence-electron chi connectivity index (χ4n) is 2.49. The third-order valence-electron chi connectivity index (χ3n) is 3.95. The van der Waals surface area contributed by atoms with Crippen molar-refractivity contribution < 1.29 is 19.1 Å². The molecule has 30 heavy (non-hydrogen) atoms. The van der Waals surface area contributed by atoms with Gasteiger partial charge in [-0.2, -0.15) is 5.10 Å². The second-order valence-corrected chi connectivity index (χ2v) is 7.80. The number of carbonyl (C=O) groups excluding carboxylic acids is 2. The van der Waals surface area contributed by atoms with Crippen LogP contribution in [0, 0.1) is 5.82 Å². The Kier molecular flexibility index (Phi) is 6.96. The third-order valence-corrected chi connectivity index (χ3v) is 5.02. The highest BCUT2D eigenvalue weighted by molar-refractivity contribution is 9.11. The van der Waals surface area contributed by atoms with Gasteiger partial charge in [0.05, 0.1) is 21.9 Å². The van der Waals surface area contributed by atoms with Gasteiger partial charge in [-0.15, -0.1) is 0 Å². The molecule has 0 heterocycles. The summed E-state index contributed by atoms with van der Waals surface area (Å²) in [5, 5.41) is 16.5. The van der Waals surface area contributed by atoms with Crippen molar-refractivity contribution in [2.45, 2.75) is 0 Å². The zero-order chi connectivity index (χ0) is 21.7. The number of halogens is 3. The molecule has 0 aliphatic rings. The van der Waals surface area contributed by atoms with E-state index in [0.29, 0.717) is 14.5 Å². The molecule has 0 aliphatic carbocycles. The summed E-state index contributed by atoms with van der Waals surface area (Å²) >= 11 is 6.53. The maximum atomic E-state index is 13.0. The van der Waals surface area contributed by atoms with E-state index in [2.05, 4.69) is 47.7 Å². The van der Waals surface area contributed by atoms with Crippen molar-refractivity contribution in [1.29, 1.82) is 0 Å².